The summed E-state index contributed by atoms with van der Waals surface area (Å²) in [6.07, 6.45) is 3.58. The van der Waals surface area contributed by atoms with Crippen molar-refractivity contribution in [2.45, 2.75) is 6.92 Å². The molecular weight excluding hydrogens is 156 g/mol. The first-order chi connectivity index (χ1) is 6.35. The number of benzene rings is 1. The van der Waals surface area contributed by atoms with Gasteiger partial charge in [0.25, 0.3) is 0 Å². The van der Waals surface area contributed by atoms with Gasteiger partial charge in [0.15, 0.2) is 0 Å². The van der Waals surface area contributed by atoms with Crippen LogP contribution in [-0.2, 0) is 0 Å². The molecule has 0 fully saturated rings. The second-order valence-corrected chi connectivity index (χ2v) is 2.02. The van der Waals surface area contributed by atoms with E-state index in [1.807, 2.05) is 43.3 Å². The molecule has 0 saturated heterocycles. The highest BCUT2D eigenvalue weighted by atomic mass is 13.8. The molecule has 0 N–H and O–H groups in total. The number of rotatable bonds is 1. The van der Waals surface area contributed by atoms with Crippen LogP contribution in [0.25, 0.3) is 6.08 Å². The molecule has 13 heavy (non-hydrogen) atoms. The Hall–Kier alpha value is -1.56. The summed E-state index contributed by atoms with van der Waals surface area (Å²) in [6.45, 7) is 14.9. The second kappa shape index (κ2) is 13.1. The predicted octanol–water partition coefficient (Wildman–Crippen LogP) is 4.32. The fraction of sp³-hybridized carbons (Fsp3) is 0.0769. The molecule has 0 aliphatic carbocycles. The molecule has 0 saturated carbocycles. The van der Waals surface area contributed by atoms with Crippen molar-refractivity contribution in [3.8, 4) is 0 Å². The van der Waals surface area contributed by atoms with Crippen LogP contribution in [0.15, 0.2) is 62.7 Å². The Morgan fingerprint density at radius 2 is 1.38 bits per heavy atom. The van der Waals surface area contributed by atoms with E-state index in [0.717, 1.165) is 0 Å². The van der Waals surface area contributed by atoms with Crippen LogP contribution < -0.4 is 0 Å². The summed E-state index contributed by atoms with van der Waals surface area (Å²) < 4.78 is 0. The van der Waals surface area contributed by atoms with E-state index in [2.05, 4.69) is 26.3 Å². The minimum Gasteiger partial charge on any atom is -0.106 e. The van der Waals surface area contributed by atoms with Crippen molar-refractivity contribution in [3.63, 3.8) is 0 Å². The summed E-state index contributed by atoms with van der Waals surface area (Å²) in [5, 5.41) is 0. The maximum absolute atomic E-state index is 3.63. The second-order valence-electron chi connectivity index (χ2n) is 2.02. The first kappa shape index (κ1) is 14.0. The van der Waals surface area contributed by atoms with E-state index < -0.39 is 0 Å². The van der Waals surface area contributed by atoms with Gasteiger partial charge >= 0.3 is 0 Å². The third-order valence-electron chi connectivity index (χ3n) is 1.04. The Balaban J connectivity index is 0. The molecule has 0 aliphatic rings. The summed E-state index contributed by atoms with van der Waals surface area (Å²) in [5.74, 6) is 0. The van der Waals surface area contributed by atoms with Crippen LogP contribution in [0.4, 0.5) is 0 Å². The lowest BCUT2D eigenvalue weighted by molar-refractivity contribution is 1.67. The lowest BCUT2D eigenvalue weighted by Gasteiger charge is -1.85. The molecule has 0 amide bonds. The number of hydrogen-bond acceptors (Lipinski definition) is 0. The Bertz CT molecular complexity index is 209. The average Bonchev–Trinajstić information content (AvgIpc) is 2.23. The fourth-order valence-electron chi connectivity index (χ4n) is 0.589. The van der Waals surface area contributed by atoms with Gasteiger partial charge in [-0.3, -0.25) is 0 Å². The standard InChI is InChI=1S/C8H8.C3H6.C2H4/c1-2-8-6-4-3-5-7-8;1-3-2;1-2/h2-7H,1H2;3H,1H2,2H3;1-2H2. The predicted molar refractivity (Wildman–Crippen MR) is 63.7 cm³/mol. The molecule has 0 nitrogen and oxygen atoms in total. The molecule has 0 atom stereocenters. The van der Waals surface area contributed by atoms with Gasteiger partial charge in [-0.2, -0.15) is 0 Å². The Morgan fingerprint density at radius 3 is 1.62 bits per heavy atom. The zero-order valence-corrected chi connectivity index (χ0v) is 8.37. The molecule has 70 valence electrons. The van der Waals surface area contributed by atoms with E-state index in [9.17, 15) is 0 Å². The summed E-state index contributed by atoms with van der Waals surface area (Å²) in [7, 11) is 0. The van der Waals surface area contributed by atoms with Crippen molar-refractivity contribution in [2.75, 3.05) is 0 Å². The molecule has 1 aromatic carbocycles. The van der Waals surface area contributed by atoms with Gasteiger partial charge in [0.1, 0.15) is 0 Å². The van der Waals surface area contributed by atoms with Crippen molar-refractivity contribution < 1.29 is 0 Å². The van der Waals surface area contributed by atoms with Gasteiger partial charge in [-0.05, 0) is 12.5 Å². The first-order valence-electron chi connectivity index (χ1n) is 4.09. The Kier molecular flexibility index (Phi) is 14.1. The fourth-order valence-corrected chi connectivity index (χ4v) is 0.589. The summed E-state index contributed by atoms with van der Waals surface area (Å²) in [5.41, 5.74) is 1.17. The van der Waals surface area contributed by atoms with Gasteiger partial charge in [0, 0.05) is 0 Å². The molecule has 1 rings (SSSR count). The van der Waals surface area contributed by atoms with Crippen molar-refractivity contribution in [1.29, 1.82) is 0 Å². The normalized spacial score (nSPS) is 6.54. The van der Waals surface area contributed by atoms with E-state index in [4.69, 9.17) is 0 Å². The third-order valence-corrected chi connectivity index (χ3v) is 1.04. The largest absolute Gasteiger partial charge is 0.106 e. The zero-order chi connectivity index (χ0) is 10.5. The smallest absolute Gasteiger partial charge is 0.0263 e. The summed E-state index contributed by atoms with van der Waals surface area (Å²) >= 11 is 0. The van der Waals surface area contributed by atoms with Gasteiger partial charge in [-0.15, -0.1) is 19.7 Å². The van der Waals surface area contributed by atoms with E-state index in [1.54, 1.807) is 6.08 Å². The van der Waals surface area contributed by atoms with Crippen molar-refractivity contribution in [1.82, 2.24) is 0 Å². The van der Waals surface area contributed by atoms with E-state index in [0.29, 0.717) is 0 Å². The quantitative estimate of drug-likeness (QED) is 0.556. The lowest BCUT2D eigenvalue weighted by Crippen LogP contribution is -1.63. The lowest BCUT2D eigenvalue weighted by atomic mass is 10.2. The topological polar surface area (TPSA) is 0 Å². The molecule has 0 radical (unpaired) electrons. The third kappa shape index (κ3) is 10.4. The van der Waals surface area contributed by atoms with Gasteiger partial charge < -0.3 is 0 Å². The van der Waals surface area contributed by atoms with Crippen LogP contribution in [0.3, 0.4) is 0 Å². The molecule has 0 heteroatoms. The van der Waals surface area contributed by atoms with Gasteiger partial charge in [-0.1, -0.05) is 49.1 Å². The molecule has 0 unspecified atom stereocenters. The van der Waals surface area contributed by atoms with Crippen LogP contribution in [0, 0.1) is 0 Å². The van der Waals surface area contributed by atoms with Crippen LogP contribution >= 0.6 is 0 Å². The molecule has 0 heterocycles. The van der Waals surface area contributed by atoms with Crippen LogP contribution in [0.1, 0.15) is 12.5 Å². The molecule has 0 spiro atoms. The highest BCUT2D eigenvalue weighted by molar-refractivity contribution is 5.45. The zero-order valence-electron chi connectivity index (χ0n) is 8.37. The SMILES string of the molecule is C=C.C=CC.C=Cc1ccccc1. The summed E-state index contributed by atoms with van der Waals surface area (Å²) in [4.78, 5) is 0. The molecular formula is C13H18. The molecule has 0 aromatic heterocycles. The van der Waals surface area contributed by atoms with Crippen molar-refractivity contribution in [3.05, 3.63) is 68.3 Å². The summed E-state index contributed by atoms with van der Waals surface area (Å²) in [6, 6.07) is 10.0. The minimum atomic E-state index is 1.17. The average molecular weight is 174 g/mol. The maximum atomic E-state index is 3.63. The van der Waals surface area contributed by atoms with Crippen molar-refractivity contribution >= 4 is 6.08 Å². The van der Waals surface area contributed by atoms with E-state index in [-0.39, 0.29) is 0 Å². The minimum absolute atomic E-state index is 1.17. The van der Waals surface area contributed by atoms with Crippen LogP contribution in [0.2, 0.25) is 0 Å². The molecule has 1 aromatic rings. The van der Waals surface area contributed by atoms with Crippen molar-refractivity contribution in [2.24, 2.45) is 0 Å². The van der Waals surface area contributed by atoms with E-state index >= 15 is 0 Å². The maximum Gasteiger partial charge on any atom is -0.0263 e. The highest BCUT2D eigenvalue weighted by Gasteiger charge is 1.75. The number of hydrogen-bond donors (Lipinski definition) is 0. The van der Waals surface area contributed by atoms with Crippen LogP contribution in [-0.4, -0.2) is 0 Å². The van der Waals surface area contributed by atoms with Gasteiger partial charge in [0.2, 0.25) is 0 Å². The molecule has 0 aliphatic heterocycles. The monoisotopic (exact) mass is 174 g/mol. The van der Waals surface area contributed by atoms with Crippen LogP contribution in [0.5, 0.6) is 0 Å². The first-order valence-corrected chi connectivity index (χ1v) is 4.09. The Morgan fingerprint density at radius 1 is 1.00 bits per heavy atom. The molecule has 0 bridgehead atoms. The van der Waals surface area contributed by atoms with E-state index in [1.165, 1.54) is 5.56 Å². The van der Waals surface area contributed by atoms with Gasteiger partial charge in [0.05, 0.1) is 0 Å². The Labute approximate surface area is 81.9 Å². The highest BCUT2D eigenvalue weighted by Crippen LogP contribution is 1.97. The van der Waals surface area contributed by atoms with Gasteiger partial charge in [-0.25, -0.2) is 0 Å². The number of allylic oxidation sites excluding steroid dienone is 1.